The lowest BCUT2D eigenvalue weighted by atomic mass is 9.69. The van der Waals surface area contributed by atoms with E-state index in [-0.39, 0.29) is 0 Å². The molecule has 69 heavy (non-hydrogen) atoms. The highest BCUT2D eigenvalue weighted by Gasteiger charge is 2.30. The van der Waals surface area contributed by atoms with Crippen LogP contribution in [0.2, 0.25) is 0 Å². The van der Waals surface area contributed by atoms with Crippen molar-refractivity contribution in [2.24, 2.45) is 11.3 Å². The van der Waals surface area contributed by atoms with Crippen molar-refractivity contribution in [3.8, 4) is 22.3 Å². The molecule has 6 aromatic rings. The molecule has 3 aliphatic rings. The number of para-hydroxylation sites is 1. The second kappa shape index (κ2) is 25.2. The van der Waals surface area contributed by atoms with Gasteiger partial charge in [0.15, 0.2) is 0 Å². The van der Waals surface area contributed by atoms with Gasteiger partial charge in [0.2, 0.25) is 0 Å². The summed E-state index contributed by atoms with van der Waals surface area (Å²) in [6, 6.07) is 57.9. The Bertz CT molecular complexity index is 2820. The Morgan fingerprint density at radius 1 is 0.609 bits per heavy atom. The van der Waals surface area contributed by atoms with Gasteiger partial charge in [0.25, 0.3) is 0 Å². The van der Waals surface area contributed by atoms with E-state index in [1.807, 2.05) is 6.07 Å². The Hall–Kier alpha value is -7.22. The van der Waals surface area contributed by atoms with E-state index < -0.39 is 0 Å². The lowest BCUT2D eigenvalue weighted by Gasteiger charge is -2.36. The van der Waals surface area contributed by atoms with Crippen molar-refractivity contribution in [3.63, 3.8) is 0 Å². The first-order valence-electron chi connectivity index (χ1n) is 25.0. The topological polar surface area (TPSA) is 3.24 Å². The van der Waals surface area contributed by atoms with Gasteiger partial charge in [-0.15, -0.1) is 0 Å². The van der Waals surface area contributed by atoms with E-state index in [2.05, 4.69) is 283 Å². The first kappa shape index (κ1) is 49.7. The highest BCUT2D eigenvalue weighted by atomic mass is 15.1. The van der Waals surface area contributed by atoms with Gasteiger partial charge in [0.05, 0.1) is 0 Å². The smallest absolute Gasteiger partial charge is 0.0461 e. The monoisotopic (exact) mass is 902 g/mol. The van der Waals surface area contributed by atoms with Crippen LogP contribution in [0.4, 0.5) is 11.4 Å². The Morgan fingerprint density at radius 3 is 1.74 bits per heavy atom. The molecular formula is C68H71N. The summed E-state index contributed by atoms with van der Waals surface area (Å²) in [6.07, 6.45) is 36.9. The SMILES string of the molecule is C/C=C/C/C(=C\C=C(/C)C1=CCC=C(N(c2ccccc2)c2ccc(-c3ccc(C)cc3)cc2)C=C1)c1ccccc1.CC1=CCC(C)(C2C=CCCC2)C=C1.Cc1ccc(-c2ccccc2)cc1. The molecule has 0 spiro atoms. The average Bonchev–Trinajstić information content (AvgIpc) is 3.66. The van der Waals surface area contributed by atoms with Crippen molar-refractivity contribution < 1.29 is 0 Å². The number of hydrogen-bond donors (Lipinski definition) is 0. The second-order valence-electron chi connectivity index (χ2n) is 18.8. The maximum absolute atomic E-state index is 2.43. The normalized spacial score (nSPS) is 17.9. The first-order valence-corrected chi connectivity index (χ1v) is 25.0. The predicted molar refractivity (Wildman–Crippen MR) is 301 cm³/mol. The Kier molecular flexibility index (Phi) is 18.2. The molecule has 0 radical (unpaired) electrons. The number of anilines is 2. The van der Waals surface area contributed by atoms with Crippen LogP contribution in [-0.4, -0.2) is 0 Å². The lowest BCUT2D eigenvalue weighted by molar-refractivity contribution is 0.280. The molecule has 1 heteroatoms. The van der Waals surface area contributed by atoms with Gasteiger partial charge in [-0.05, 0) is 159 Å². The predicted octanol–water partition coefficient (Wildman–Crippen LogP) is 19.5. The van der Waals surface area contributed by atoms with Gasteiger partial charge in [0, 0.05) is 17.1 Å². The van der Waals surface area contributed by atoms with Gasteiger partial charge in [-0.3, -0.25) is 0 Å². The summed E-state index contributed by atoms with van der Waals surface area (Å²) < 4.78 is 0. The Morgan fingerprint density at radius 2 is 1.17 bits per heavy atom. The number of nitrogens with zero attached hydrogens (tertiary/aromatic N) is 1. The molecule has 0 N–H and O–H groups in total. The molecule has 3 aliphatic carbocycles. The summed E-state index contributed by atoms with van der Waals surface area (Å²) >= 11 is 0. The minimum absolute atomic E-state index is 0.385. The van der Waals surface area contributed by atoms with Crippen molar-refractivity contribution >= 4 is 16.9 Å². The van der Waals surface area contributed by atoms with E-state index in [1.165, 1.54) is 86.9 Å². The lowest BCUT2D eigenvalue weighted by Crippen LogP contribution is -2.26. The molecule has 0 aromatic heterocycles. The third-order valence-electron chi connectivity index (χ3n) is 13.4. The third kappa shape index (κ3) is 14.4. The zero-order valence-electron chi connectivity index (χ0n) is 41.9. The summed E-state index contributed by atoms with van der Waals surface area (Å²) in [6.45, 7) is 13.1. The van der Waals surface area contributed by atoms with Crippen LogP contribution in [0.25, 0.3) is 27.8 Å². The molecule has 9 rings (SSSR count). The fourth-order valence-corrected chi connectivity index (χ4v) is 9.00. The zero-order valence-corrected chi connectivity index (χ0v) is 41.9. The Balaban J connectivity index is 0.000000209. The molecule has 0 aliphatic heterocycles. The molecule has 0 amide bonds. The molecule has 1 nitrogen and oxygen atoms in total. The molecule has 0 heterocycles. The molecule has 0 bridgehead atoms. The van der Waals surface area contributed by atoms with Crippen molar-refractivity contribution in [1.82, 2.24) is 0 Å². The highest BCUT2D eigenvalue weighted by molar-refractivity contribution is 5.74. The van der Waals surface area contributed by atoms with Crippen LogP contribution in [0.3, 0.4) is 0 Å². The van der Waals surface area contributed by atoms with Crippen molar-refractivity contribution in [1.29, 1.82) is 0 Å². The highest BCUT2D eigenvalue weighted by Crippen LogP contribution is 2.42. The van der Waals surface area contributed by atoms with E-state index >= 15 is 0 Å². The van der Waals surface area contributed by atoms with Gasteiger partial charge in [0.1, 0.15) is 0 Å². The maximum atomic E-state index is 2.43. The van der Waals surface area contributed by atoms with Crippen LogP contribution in [0.15, 0.2) is 265 Å². The summed E-state index contributed by atoms with van der Waals surface area (Å²) in [4.78, 5) is 2.34. The molecule has 6 aromatic carbocycles. The van der Waals surface area contributed by atoms with E-state index in [1.54, 1.807) is 0 Å². The fraction of sp³-hybridized carbons (Fsp3) is 0.206. The van der Waals surface area contributed by atoms with Crippen molar-refractivity contribution in [3.05, 3.63) is 282 Å². The Labute approximate surface area is 415 Å². The van der Waals surface area contributed by atoms with Crippen molar-refractivity contribution in [2.45, 2.75) is 80.1 Å². The van der Waals surface area contributed by atoms with E-state index in [0.717, 1.165) is 35.8 Å². The fourth-order valence-electron chi connectivity index (χ4n) is 9.00. The van der Waals surface area contributed by atoms with Gasteiger partial charge < -0.3 is 4.90 Å². The molecule has 0 saturated carbocycles. The molecular weight excluding hydrogens is 831 g/mol. The van der Waals surface area contributed by atoms with Gasteiger partial charge in [-0.2, -0.15) is 0 Å². The third-order valence-corrected chi connectivity index (χ3v) is 13.4. The molecule has 0 saturated heterocycles. The molecule has 348 valence electrons. The van der Waals surface area contributed by atoms with E-state index in [9.17, 15) is 0 Å². The first-order chi connectivity index (χ1) is 33.7. The van der Waals surface area contributed by atoms with Crippen LogP contribution < -0.4 is 4.90 Å². The van der Waals surface area contributed by atoms with Gasteiger partial charge >= 0.3 is 0 Å². The minimum Gasteiger partial charge on any atom is -0.311 e. The molecule has 2 atom stereocenters. The standard InChI is InChI=1S/C41H39N.C14H20.C13H12/c1-4-5-13-36(35-14-8-6-9-15-35)25-22-33(3)34-16-12-19-40(29-26-34)42(39-17-10-7-11-18-39)41-30-27-38(28-31-41)37-23-20-32(2)21-24-37;1-12-8-10-14(2,11-9-12)13-6-4-3-5-7-13;1-11-7-9-13(10-8-11)12-5-3-2-4-6-12/h4-11,14-31H,12-13H2,1-3H3;4,6,8-10,13H,3,5,7,11H2,1-2H3;2-10H,1H3/b5-4+,33-22+,36-25+;;. The van der Waals surface area contributed by atoms with Crippen molar-refractivity contribution in [2.75, 3.05) is 4.90 Å². The van der Waals surface area contributed by atoms with E-state index in [0.29, 0.717) is 5.41 Å². The number of hydrogen-bond acceptors (Lipinski definition) is 1. The van der Waals surface area contributed by atoms with Gasteiger partial charge in [-0.1, -0.05) is 236 Å². The molecule has 0 fully saturated rings. The zero-order chi connectivity index (χ0) is 48.3. The summed E-state index contributed by atoms with van der Waals surface area (Å²) in [5.41, 5.74) is 17.9. The summed E-state index contributed by atoms with van der Waals surface area (Å²) in [5.74, 6) is 0.761. The maximum Gasteiger partial charge on any atom is 0.0461 e. The second-order valence-corrected chi connectivity index (χ2v) is 18.8. The number of allylic oxidation sites excluding steroid dienone is 17. The molecule has 2 unspecified atom stereocenters. The van der Waals surface area contributed by atoms with Crippen LogP contribution in [0.5, 0.6) is 0 Å². The van der Waals surface area contributed by atoms with Gasteiger partial charge in [-0.25, -0.2) is 0 Å². The van der Waals surface area contributed by atoms with Crippen LogP contribution in [-0.2, 0) is 0 Å². The average molecular weight is 902 g/mol. The largest absolute Gasteiger partial charge is 0.311 e. The summed E-state index contributed by atoms with van der Waals surface area (Å²) in [5, 5.41) is 0. The number of rotatable bonds is 11. The van der Waals surface area contributed by atoms with Crippen LogP contribution in [0, 0.1) is 25.2 Å². The number of benzene rings is 6. The summed E-state index contributed by atoms with van der Waals surface area (Å²) in [7, 11) is 0. The van der Waals surface area contributed by atoms with Crippen LogP contribution in [0.1, 0.15) is 82.9 Å². The number of aryl methyl sites for hydroxylation is 2. The van der Waals surface area contributed by atoms with E-state index in [4.69, 9.17) is 0 Å². The van der Waals surface area contributed by atoms with Crippen LogP contribution >= 0.6 is 0 Å². The quantitative estimate of drug-likeness (QED) is 0.0925. The minimum atomic E-state index is 0.385.